The summed E-state index contributed by atoms with van der Waals surface area (Å²) in [6.45, 7) is 9.76. The van der Waals surface area contributed by atoms with Gasteiger partial charge in [-0.1, -0.05) is 41.0 Å². The molecule has 0 aromatic carbocycles. The predicted octanol–water partition coefficient (Wildman–Crippen LogP) is 1.88. The third kappa shape index (κ3) is 7.61. The number of hydrogen-bond acceptors (Lipinski definition) is 6. The van der Waals surface area contributed by atoms with Gasteiger partial charge in [-0.2, -0.15) is 0 Å². The molecular weight excluding hydrogens is 422 g/mol. The van der Waals surface area contributed by atoms with Gasteiger partial charge in [0.1, 0.15) is 24.1 Å². The zero-order chi connectivity index (χ0) is 24.6. The molecule has 1 heterocycles. The van der Waals surface area contributed by atoms with Gasteiger partial charge in [0.15, 0.2) is 0 Å². The summed E-state index contributed by atoms with van der Waals surface area (Å²) in [6.07, 6.45) is 8.70. The molecule has 1 aromatic heterocycles. The highest BCUT2D eigenvalue weighted by Gasteiger charge is 2.36. The Hall–Kier alpha value is -2.84. The van der Waals surface area contributed by atoms with Crippen molar-refractivity contribution in [3.05, 3.63) is 24.3 Å². The standard InChI is InChI=1S/C24H37N5O4/c1-15(2)19(28-21(31)18-14-25-10-11-26-18)22(32)29-20(24(3,4)5)23(33)27-13-17-8-6-7-16(17)9-12-30/h10-12,14-17,19-20H,6-9,13H2,1-5H3,(H,27,33)(H,28,31)(H,29,32)/t16-,17+,19-,20-/m1/s1. The van der Waals surface area contributed by atoms with Crippen molar-refractivity contribution >= 4 is 24.0 Å². The maximum atomic E-state index is 13.1. The van der Waals surface area contributed by atoms with E-state index < -0.39 is 29.3 Å². The minimum Gasteiger partial charge on any atom is -0.354 e. The predicted molar refractivity (Wildman–Crippen MR) is 124 cm³/mol. The minimum absolute atomic E-state index is 0.113. The van der Waals surface area contributed by atoms with Crippen LogP contribution < -0.4 is 16.0 Å². The summed E-state index contributed by atoms with van der Waals surface area (Å²) in [5, 5.41) is 8.54. The van der Waals surface area contributed by atoms with Gasteiger partial charge in [-0.15, -0.1) is 0 Å². The van der Waals surface area contributed by atoms with Gasteiger partial charge in [-0.3, -0.25) is 19.4 Å². The van der Waals surface area contributed by atoms with E-state index in [1.54, 1.807) is 0 Å². The van der Waals surface area contributed by atoms with Gasteiger partial charge in [0, 0.05) is 25.4 Å². The number of hydrogen-bond donors (Lipinski definition) is 3. The van der Waals surface area contributed by atoms with E-state index in [0.29, 0.717) is 18.9 Å². The second kappa shape index (κ2) is 11.9. The molecule has 0 saturated heterocycles. The first-order valence-electron chi connectivity index (χ1n) is 11.6. The fourth-order valence-corrected chi connectivity index (χ4v) is 4.22. The minimum atomic E-state index is -0.844. The highest BCUT2D eigenvalue weighted by Crippen LogP contribution is 2.33. The highest BCUT2D eigenvalue weighted by atomic mass is 16.2. The molecule has 0 bridgehead atoms. The van der Waals surface area contributed by atoms with Gasteiger partial charge >= 0.3 is 0 Å². The molecule has 0 radical (unpaired) electrons. The van der Waals surface area contributed by atoms with Crippen LogP contribution in [0.15, 0.2) is 18.6 Å². The molecule has 1 aliphatic rings. The van der Waals surface area contributed by atoms with Crippen LogP contribution in [0.25, 0.3) is 0 Å². The molecule has 2 rings (SSSR count). The molecular formula is C24H37N5O4. The van der Waals surface area contributed by atoms with Crippen LogP contribution in [0.4, 0.5) is 0 Å². The van der Waals surface area contributed by atoms with E-state index in [0.717, 1.165) is 25.5 Å². The van der Waals surface area contributed by atoms with Crippen molar-refractivity contribution in [2.24, 2.45) is 23.2 Å². The number of rotatable bonds is 10. The second-order valence-electron chi connectivity index (χ2n) is 10.2. The smallest absolute Gasteiger partial charge is 0.272 e. The highest BCUT2D eigenvalue weighted by molar-refractivity contribution is 5.97. The molecule has 9 heteroatoms. The van der Waals surface area contributed by atoms with E-state index >= 15 is 0 Å². The lowest BCUT2D eigenvalue weighted by Gasteiger charge is -2.33. The first-order valence-corrected chi connectivity index (χ1v) is 11.6. The lowest BCUT2D eigenvalue weighted by Crippen LogP contribution is -2.59. The van der Waals surface area contributed by atoms with Crippen molar-refractivity contribution in [2.45, 2.75) is 72.4 Å². The van der Waals surface area contributed by atoms with Crippen LogP contribution in [0, 0.1) is 23.2 Å². The summed E-state index contributed by atoms with van der Waals surface area (Å²) in [7, 11) is 0. The molecule has 3 N–H and O–H groups in total. The van der Waals surface area contributed by atoms with E-state index in [9.17, 15) is 19.2 Å². The number of carbonyl (C=O) groups is 4. The van der Waals surface area contributed by atoms with E-state index in [-0.39, 0.29) is 23.4 Å². The van der Waals surface area contributed by atoms with Crippen molar-refractivity contribution in [2.75, 3.05) is 6.54 Å². The van der Waals surface area contributed by atoms with Crippen molar-refractivity contribution in [1.29, 1.82) is 0 Å². The van der Waals surface area contributed by atoms with Crippen molar-refractivity contribution in [3.63, 3.8) is 0 Å². The van der Waals surface area contributed by atoms with Crippen molar-refractivity contribution in [1.82, 2.24) is 25.9 Å². The molecule has 0 spiro atoms. The van der Waals surface area contributed by atoms with Gasteiger partial charge < -0.3 is 20.7 Å². The molecule has 1 aromatic rings. The summed E-state index contributed by atoms with van der Waals surface area (Å²) < 4.78 is 0. The van der Waals surface area contributed by atoms with Gasteiger partial charge in [-0.05, 0) is 36.0 Å². The third-order valence-corrected chi connectivity index (χ3v) is 6.20. The van der Waals surface area contributed by atoms with Crippen LogP contribution >= 0.6 is 0 Å². The molecule has 1 fully saturated rings. The number of nitrogens with one attached hydrogen (secondary N) is 3. The van der Waals surface area contributed by atoms with Crippen LogP contribution in [0.5, 0.6) is 0 Å². The van der Waals surface area contributed by atoms with Crippen LogP contribution in [-0.2, 0) is 14.4 Å². The van der Waals surface area contributed by atoms with E-state index in [1.165, 1.54) is 18.6 Å². The molecule has 1 aliphatic carbocycles. The Bertz CT molecular complexity index is 822. The largest absolute Gasteiger partial charge is 0.354 e. The molecule has 4 atom stereocenters. The third-order valence-electron chi connectivity index (χ3n) is 6.20. The number of carbonyl (C=O) groups excluding carboxylic acids is 4. The number of amides is 3. The SMILES string of the molecule is CC(C)[C@@H](NC(=O)c1cnccn1)C(=O)N[C@H](C(=O)NC[C@@H]1CCC[C@@H]1CC=O)C(C)(C)C. The topological polar surface area (TPSA) is 130 Å². The average Bonchev–Trinajstić information content (AvgIpc) is 3.20. The Labute approximate surface area is 195 Å². The monoisotopic (exact) mass is 459 g/mol. The molecule has 0 aliphatic heterocycles. The molecule has 0 unspecified atom stereocenters. The fraction of sp³-hybridized carbons (Fsp3) is 0.667. The molecule has 33 heavy (non-hydrogen) atoms. The van der Waals surface area contributed by atoms with Crippen LogP contribution in [0.2, 0.25) is 0 Å². The van der Waals surface area contributed by atoms with Gasteiger partial charge in [0.2, 0.25) is 11.8 Å². The normalized spacial score (nSPS) is 20.1. The Kier molecular flexibility index (Phi) is 9.49. The first kappa shape index (κ1) is 26.4. The maximum absolute atomic E-state index is 13.1. The summed E-state index contributed by atoms with van der Waals surface area (Å²) in [5.74, 6) is -0.849. The summed E-state index contributed by atoms with van der Waals surface area (Å²) in [6, 6.07) is -1.63. The molecule has 3 amide bonds. The lowest BCUT2D eigenvalue weighted by molar-refractivity contribution is -0.133. The van der Waals surface area contributed by atoms with Crippen LogP contribution in [0.3, 0.4) is 0 Å². The Balaban J connectivity index is 2.05. The van der Waals surface area contributed by atoms with Crippen LogP contribution in [-0.4, -0.2) is 52.6 Å². The summed E-state index contributed by atoms with van der Waals surface area (Å²) in [4.78, 5) is 57.5. The zero-order valence-corrected chi connectivity index (χ0v) is 20.3. The van der Waals surface area contributed by atoms with Crippen molar-refractivity contribution in [3.8, 4) is 0 Å². The Morgan fingerprint density at radius 1 is 1.09 bits per heavy atom. The van der Waals surface area contributed by atoms with Gasteiger partial charge in [0.25, 0.3) is 5.91 Å². The maximum Gasteiger partial charge on any atom is 0.272 e. The molecule has 1 saturated carbocycles. The molecule has 9 nitrogen and oxygen atoms in total. The van der Waals surface area contributed by atoms with Crippen molar-refractivity contribution < 1.29 is 19.2 Å². The van der Waals surface area contributed by atoms with Gasteiger partial charge in [-0.25, -0.2) is 4.98 Å². The van der Waals surface area contributed by atoms with E-state index in [2.05, 4.69) is 25.9 Å². The average molecular weight is 460 g/mol. The van der Waals surface area contributed by atoms with E-state index in [1.807, 2.05) is 34.6 Å². The Morgan fingerprint density at radius 3 is 2.36 bits per heavy atom. The summed E-state index contributed by atoms with van der Waals surface area (Å²) >= 11 is 0. The van der Waals surface area contributed by atoms with E-state index in [4.69, 9.17) is 0 Å². The lowest BCUT2D eigenvalue weighted by atomic mass is 9.85. The zero-order valence-electron chi connectivity index (χ0n) is 20.3. The number of aldehydes is 1. The summed E-state index contributed by atoms with van der Waals surface area (Å²) in [5.41, 5.74) is -0.434. The number of nitrogens with zero attached hydrogens (tertiary/aromatic N) is 2. The molecule has 182 valence electrons. The second-order valence-corrected chi connectivity index (χ2v) is 10.2. The first-order chi connectivity index (χ1) is 15.5. The van der Waals surface area contributed by atoms with Gasteiger partial charge in [0.05, 0.1) is 6.20 Å². The number of aromatic nitrogens is 2. The Morgan fingerprint density at radius 2 is 1.79 bits per heavy atom. The fourth-order valence-electron chi connectivity index (χ4n) is 4.22. The quantitative estimate of drug-likeness (QED) is 0.458. The van der Waals surface area contributed by atoms with Crippen LogP contribution in [0.1, 0.15) is 70.8 Å².